The van der Waals surface area contributed by atoms with E-state index in [1.807, 2.05) is 6.08 Å². The number of carbonyl (C=O) groups excluding carboxylic acids is 4. The molecule has 0 radical (unpaired) electrons. The molecule has 4 amide bonds. The Labute approximate surface area is 295 Å². The Morgan fingerprint density at radius 2 is 1.61 bits per heavy atom. The molecule has 0 spiro atoms. The summed E-state index contributed by atoms with van der Waals surface area (Å²) in [6.07, 6.45) is 2.02. The van der Waals surface area contributed by atoms with Crippen LogP contribution < -0.4 is 10.3 Å². The Bertz CT molecular complexity index is 2190. The number of halogens is 2. The molecule has 2 saturated heterocycles. The molecule has 6 unspecified atom stereocenters. The van der Waals surface area contributed by atoms with Gasteiger partial charge in [-0.05, 0) is 84.5 Å². The zero-order valence-electron chi connectivity index (χ0n) is 26.6. The number of carbonyl (C=O) groups is 4. The number of hydrogen-bond acceptors (Lipinski definition) is 8. The minimum Gasteiger partial charge on any atom is -0.508 e. The average Bonchev–Trinajstić information content (AvgIpc) is 3.50. The third-order valence-corrected chi connectivity index (χ3v) is 11.0. The van der Waals surface area contributed by atoms with E-state index in [2.05, 4.69) is 5.43 Å². The molecule has 4 aromatic carbocycles. The highest BCUT2D eigenvalue weighted by Gasteiger charge is 2.70. The summed E-state index contributed by atoms with van der Waals surface area (Å²) in [4.78, 5) is 70.0. The van der Waals surface area contributed by atoms with Gasteiger partial charge in [0, 0.05) is 23.1 Å². The summed E-state index contributed by atoms with van der Waals surface area (Å²) in [5, 5.41) is 23.6. The van der Waals surface area contributed by atoms with Crippen LogP contribution >= 0.6 is 11.6 Å². The van der Waals surface area contributed by atoms with Crippen LogP contribution in [0.15, 0.2) is 109 Å². The number of phenolic OH excluding ortho intramolecular Hbond substituents is 1. The van der Waals surface area contributed by atoms with Crippen molar-refractivity contribution in [3.05, 3.63) is 141 Å². The first-order chi connectivity index (χ1) is 24.5. The minimum atomic E-state index is -1.59. The fourth-order valence-electron chi connectivity index (χ4n) is 8.73. The third kappa shape index (κ3) is 4.84. The number of benzene rings is 4. The molecular formula is C38H28ClFN4O7. The van der Waals surface area contributed by atoms with Gasteiger partial charge in [0.2, 0.25) is 11.8 Å². The minimum absolute atomic E-state index is 0.0128. The number of nitrogens with one attached hydrogen (secondary N) is 1. The molecule has 3 fully saturated rings. The van der Waals surface area contributed by atoms with Crippen molar-refractivity contribution in [2.75, 3.05) is 10.3 Å². The molecule has 0 aromatic heterocycles. The lowest BCUT2D eigenvalue weighted by atomic mass is 9.49. The second-order valence-corrected chi connectivity index (χ2v) is 13.7. The number of amides is 4. The topological polar surface area (TPSA) is 150 Å². The lowest BCUT2D eigenvalue weighted by molar-refractivity contribution is -0.384. The number of non-ortho nitro benzene ring substituents is 1. The number of phenols is 1. The van der Waals surface area contributed by atoms with Crippen molar-refractivity contribution < 1.29 is 33.6 Å². The van der Waals surface area contributed by atoms with Gasteiger partial charge in [-0.3, -0.25) is 34.7 Å². The van der Waals surface area contributed by atoms with Crippen LogP contribution in [0.5, 0.6) is 5.75 Å². The Morgan fingerprint density at radius 3 is 2.31 bits per heavy atom. The number of imide groups is 2. The Hall–Kier alpha value is -5.88. The van der Waals surface area contributed by atoms with E-state index >= 15 is 4.79 Å². The van der Waals surface area contributed by atoms with E-state index in [1.165, 1.54) is 60.7 Å². The number of aromatic hydroxyl groups is 1. The highest BCUT2D eigenvalue weighted by molar-refractivity contribution is 6.30. The molecular weight excluding hydrogens is 679 g/mol. The maximum absolute atomic E-state index is 15.1. The van der Waals surface area contributed by atoms with Crippen molar-refractivity contribution in [2.24, 2.45) is 23.7 Å². The summed E-state index contributed by atoms with van der Waals surface area (Å²) in [6.45, 7) is 0. The number of nitro benzene ring substituents is 1. The van der Waals surface area contributed by atoms with E-state index in [0.717, 1.165) is 9.91 Å². The Balaban J connectivity index is 1.30. The molecule has 1 saturated carbocycles. The molecule has 8 rings (SSSR count). The second-order valence-electron chi connectivity index (χ2n) is 13.3. The maximum Gasteiger partial charge on any atom is 0.271 e. The molecule has 4 aromatic rings. The smallest absolute Gasteiger partial charge is 0.271 e. The maximum atomic E-state index is 15.1. The molecule has 2 aliphatic heterocycles. The molecule has 2 aliphatic carbocycles. The van der Waals surface area contributed by atoms with Gasteiger partial charge in [-0.2, -0.15) is 5.01 Å². The predicted molar refractivity (Wildman–Crippen MR) is 183 cm³/mol. The molecule has 256 valence electrons. The average molecular weight is 707 g/mol. The zero-order chi connectivity index (χ0) is 35.8. The zero-order valence-corrected chi connectivity index (χ0v) is 27.4. The normalized spacial score (nSPS) is 26.8. The standard InChI is InChI=1S/C38H28ClFN4O7/c39-22-9-7-21(8-10-22)38-31(35(47)43(37(38)49)41-24-13-11-23(40)12-14-24)19-30-28(33(38)20-3-1-6-27(45)17-20)15-16-29-32(30)36(48)42(34(29)46)25-4-2-5-26(18-25)44(50)51/h1-15,17-18,29-33,41,45H,16,19H2. The summed E-state index contributed by atoms with van der Waals surface area (Å²) < 4.78 is 13.8. The fraction of sp³-hybridized carbons (Fsp3) is 0.211. The van der Waals surface area contributed by atoms with Crippen molar-refractivity contribution in [3.63, 3.8) is 0 Å². The van der Waals surface area contributed by atoms with E-state index in [9.17, 15) is 34.0 Å². The van der Waals surface area contributed by atoms with Gasteiger partial charge in [-0.25, -0.2) is 9.29 Å². The first kappa shape index (κ1) is 32.3. The summed E-state index contributed by atoms with van der Waals surface area (Å²) in [6, 6.07) is 23.6. The van der Waals surface area contributed by atoms with Crippen LogP contribution in [0, 0.1) is 39.6 Å². The molecule has 6 atom stereocenters. The van der Waals surface area contributed by atoms with Gasteiger partial charge in [0.05, 0.1) is 39.5 Å². The first-order valence-corrected chi connectivity index (χ1v) is 16.7. The molecule has 13 heteroatoms. The number of allylic oxidation sites excluding steroid dienone is 2. The molecule has 51 heavy (non-hydrogen) atoms. The van der Waals surface area contributed by atoms with Crippen LogP contribution in [0.2, 0.25) is 5.02 Å². The molecule has 11 nitrogen and oxygen atoms in total. The van der Waals surface area contributed by atoms with Gasteiger partial charge in [0.1, 0.15) is 11.6 Å². The number of anilines is 2. The quantitative estimate of drug-likeness (QED) is 0.103. The lowest BCUT2D eigenvalue weighted by Crippen LogP contribution is -2.53. The summed E-state index contributed by atoms with van der Waals surface area (Å²) >= 11 is 6.31. The van der Waals surface area contributed by atoms with Crippen molar-refractivity contribution in [2.45, 2.75) is 24.2 Å². The monoisotopic (exact) mass is 706 g/mol. The van der Waals surface area contributed by atoms with Crippen LogP contribution in [0.4, 0.5) is 21.5 Å². The molecule has 2 heterocycles. The number of rotatable bonds is 6. The molecule has 4 aliphatic rings. The van der Waals surface area contributed by atoms with E-state index in [1.54, 1.807) is 36.4 Å². The SMILES string of the molecule is O=C1C2CC3C(=CCC4C(=O)N(c5cccc([N+](=O)[O-])c5)C(=O)C43)C(c3cccc(O)c3)C2(c2ccc(Cl)cc2)C(=O)N1Nc1ccc(F)cc1. The van der Waals surface area contributed by atoms with Crippen LogP contribution in [0.3, 0.4) is 0 Å². The lowest BCUT2D eigenvalue weighted by Gasteiger charge is -2.50. The van der Waals surface area contributed by atoms with Gasteiger partial charge in [0.25, 0.3) is 17.5 Å². The van der Waals surface area contributed by atoms with Crippen LogP contribution in [0.1, 0.15) is 29.9 Å². The van der Waals surface area contributed by atoms with E-state index in [4.69, 9.17) is 11.6 Å². The Kier molecular flexibility index (Phi) is 7.53. The van der Waals surface area contributed by atoms with Gasteiger partial charge in [-0.15, -0.1) is 0 Å². The number of nitrogens with zero attached hydrogens (tertiary/aromatic N) is 3. The summed E-state index contributed by atoms with van der Waals surface area (Å²) in [7, 11) is 0. The highest BCUT2D eigenvalue weighted by atomic mass is 35.5. The van der Waals surface area contributed by atoms with E-state index in [0.29, 0.717) is 21.7 Å². The van der Waals surface area contributed by atoms with Gasteiger partial charge < -0.3 is 5.11 Å². The van der Waals surface area contributed by atoms with Crippen molar-refractivity contribution in [1.82, 2.24) is 5.01 Å². The number of hydrogen-bond donors (Lipinski definition) is 2. The summed E-state index contributed by atoms with van der Waals surface area (Å²) in [5.74, 6) is -7.19. The van der Waals surface area contributed by atoms with E-state index < -0.39 is 69.4 Å². The second kappa shape index (κ2) is 11.9. The first-order valence-electron chi connectivity index (χ1n) is 16.3. The van der Waals surface area contributed by atoms with Crippen molar-refractivity contribution >= 4 is 52.3 Å². The summed E-state index contributed by atoms with van der Waals surface area (Å²) in [5.41, 5.74) is 3.05. The van der Waals surface area contributed by atoms with Crippen molar-refractivity contribution in [3.8, 4) is 5.75 Å². The van der Waals surface area contributed by atoms with Crippen LogP contribution in [0.25, 0.3) is 0 Å². The Morgan fingerprint density at radius 1 is 0.882 bits per heavy atom. The molecule has 0 bridgehead atoms. The van der Waals surface area contributed by atoms with Gasteiger partial charge in [-0.1, -0.05) is 53.6 Å². The largest absolute Gasteiger partial charge is 0.508 e. The van der Waals surface area contributed by atoms with Crippen LogP contribution in [-0.4, -0.2) is 38.7 Å². The third-order valence-electron chi connectivity index (χ3n) is 10.8. The van der Waals surface area contributed by atoms with Gasteiger partial charge in [0.15, 0.2) is 0 Å². The fourth-order valence-corrected chi connectivity index (χ4v) is 8.86. The highest BCUT2D eigenvalue weighted by Crippen LogP contribution is 2.64. The molecule has 2 N–H and O–H groups in total. The number of hydrazine groups is 1. The van der Waals surface area contributed by atoms with Crippen LogP contribution in [-0.2, 0) is 24.6 Å². The number of fused-ring (bicyclic) bond motifs is 4. The number of nitro groups is 1. The predicted octanol–water partition coefficient (Wildman–Crippen LogP) is 6.28. The van der Waals surface area contributed by atoms with E-state index in [-0.39, 0.29) is 35.7 Å². The van der Waals surface area contributed by atoms with Gasteiger partial charge >= 0.3 is 0 Å². The van der Waals surface area contributed by atoms with Crippen molar-refractivity contribution in [1.29, 1.82) is 0 Å².